The predicted octanol–water partition coefficient (Wildman–Crippen LogP) is -0.372. The van der Waals surface area contributed by atoms with Gasteiger partial charge in [0.2, 0.25) is 10.0 Å². The summed E-state index contributed by atoms with van der Waals surface area (Å²) in [6.07, 6.45) is 0. The molecule has 0 aromatic heterocycles. The summed E-state index contributed by atoms with van der Waals surface area (Å²) in [7, 11) is -3.05. The number of nitrogens with two attached hydrogens (primary N) is 1. The van der Waals surface area contributed by atoms with Crippen molar-refractivity contribution >= 4 is 27.2 Å². The first kappa shape index (κ1) is 13.8. The molecule has 5 nitrogen and oxygen atoms in total. The molecule has 0 aromatic carbocycles. The molecular weight excluding hydrogens is 246 g/mol. The Morgan fingerprint density at radius 3 is 2.25 bits per heavy atom. The van der Waals surface area contributed by atoms with Crippen molar-refractivity contribution in [1.29, 1.82) is 0 Å². The van der Waals surface area contributed by atoms with Crippen LogP contribution in [-0.2, 0) is 10.0 Å². The summed E-state index contributed by atoms with van der Waals surface area (Å²) in [4.78, 5) is 2.58. The molecule has 1 aliphatic rings. The van der Waals surface area contributed by atoms with Crippen molar-refractivity contribution in [2.24, 2.45) is 5.73 Å². The van der Waals surface area contributed by atoms with E-state index in [9.17, 15) is 8.42 Å². The van der Waals surface area contributed by atoms with E-state index in [-0.39, 0.29) is 11.8 Å². The lowest BCUT2D eigenvalue weighted by Crippen LogP contribution is -2.54. The summed E-state index contributed by atoms with van der Waals surface area (Å²) in [5, 5.41) is 0. The van der Waals surface area contributed by atoms with Gasteiger partial charge < -0.3 is 5.73 Å². The van der Waals surface area contributed by atoms with Gasteiger partial charge in [0.05, 0.1) is 16.8 Å². The molecule has 0 aliphatic carbocycles. The first-order valence-electron chi connectivity index (χ1n) is 5.39. The van der Waals surface area contributed by atoms with E-state index < -0.39 is 10.0 Å². The van der Waals surface area contributed by atoms with Gasteiger partial charge in [0.15, 0.2) is 0 Å². The number of hydrogen-bond acceptors (Lipinski definition) is 4. The normalized spacial score (nSPS) is 21.9. The molecule has 0 saturated carbocycles. The molecule has 94 valence electrons. The van der Waals surface area contributed by atoms with Gasteiger partial charge >= 0.3 is 0 Å². The second-order valence-electron chi connectivity index (χ2n) is 3.91. The van der Waals surface area contributed by atoms with E-state index in [2.05, 4.69) is 4.90 Å². The standard InChI is InChI=1S/C9H19N3O2S2/c1-3-16(13,14)12-6-4-11(5-7-12)8(2)9(10)15/h8H,3-7H2,1-2H3,(H2,10,15). The van der Waals surface area contributed by atoms with Crippen molar-refractivity contribution in [1.82, 2.24) is 9.21 Å². The van der Waals surface area contributed by atoms with E-state index in [4.69, 9.17) is 18.0 Å². The van der Waals surface area contributed by atoms with Gasteiger partial charge in [-0.1, -0.05) is 12.2 Å². The Morgan fingerprint density at radius 2 is 1.88 bits per heavy atom. The summed E-state index contributed by atoms with van der Waals surface area (Å²) in [6, 6.07) is 0.0430. The topological polar surface area (TPSA) is 66.6 Å². The second kappa shape index (κ2) is 5.39. The highest BCUT2D eigenvalue weighted by molar-refractivity contribution is 7.89. The average molecular weight is 265 g/mol. The molecule has 7 heteroatoms. The summed E-state index contributed by atoms with van der Waals surface area (Å²) >= 11 is 4.93. The number of nitrogens with zero attached hydrogens (tertiary/aromatic N) is 2. The van der Waals surface area contributed by atoms with Crippen LogP contribution in [0.3, 0.4) is 0 Å². The zero-order valence-corrected chi connectivity index (χ0v) is 11.4. The van der Waals surface area contributed by atoms with Crippen molar-refractivity contribution < 1.29 is 8.42 Å². The Labute approximate surface area is 103 Å². The molecule has 0 spiro atoms. The third-order valence-corrected chi connectivity index (χ3v) is 5.21. The summed E-state index contributed by atoms with van der Waals surface area (Å²) in [6.45, 7) is 6.06. The van der Waals surface area contributed by atoms with Crippen molar-refractivity contribution in [2.75, 3.05) is 31.9 Å². The maximum Gasteiger partial charge on any atom is 0.213 e. The van der Waals surface area contributed by atoms with Crippen LogP contribution in [0.2, 0.25) is 0 Å². The fourth-order valence-corrected chi connectivity index (χ4v) is 2.97. The molecule has 0 bridgehead atoms. The van der Waals surface area contributed by atoms with Crippen LogP contribution >= 0.6 is 12.2 Å². The Hall–Kier alpha value is -0.240. The summed E-state index contributed by atoms with van der Waals surface area (Å²) in [5.74, 6) is 0.165. The average Bonchev–Trinajstić information content (AvgIpc) is 2.28. The maximum atomic E-state index is 11.6. The Balaban J connectivity index is 2.55. The van der Waals surface area contributed by atoms with Crippen LogP contribution in [0, 0.1) is 0 Å². The van der Waals surface area contributed by atoms with Gasteiger partial charge in [-0.15, -0.1) is 0 Å². The van der Waals surface area contributed by atoms with Crippen LogP contribution in [-0.4, -0.2) is 60.6 Å². The molecule has 1 fully saturated rings. The van der Waals surface area contributed by atoms with Gasteiger partial charge in [0.1, 0.15) is 0 Å². The second-order valence-corrected chi connectivity index (χ2v) is 6.64. The first-order chi connectivity index (χ1) is 7.38. The van der Waals surface area contributed by atoms with E-state index in [1.165, 1.54) is 4.31 Å². The monoisotopic (exact) mass is 265 g/mol. The van der Waals surface area contributed by atoms with E-state index >= 15 is 0 Å². The largest absolute Gasteiger partial charge is 0.392 e. The lowest BCUT2D eigenvalue weighted by molar-refractivity contribution is 0.175. The van der Waals surface area contributed by atoms with Gasteiger partial charge in [-0.05, 0) is 13.8 Å². The highest BCUT2D eigenvalue weighted by Crippen LogP contribution is 2.10. The lowest BCUT2D eigenvalue weighted by Gasteiger charge is -2.36. The van der Waals surface area contributed by atoms with Gasteiger partial charge in [-0.25, -0.2) is 8.42 Å². The number of rotatable bonds is 4. The smallest absolute Gasteiger partial charge is 0.213 e. The molecule has 1 saturated heterocycles. The molecule has 0 aromatic rings. The van der Waals surface area contributed by atoms with Crippen LogP contribution in [0.4, 0.5) is 0 Å². The predicted molar refractivity (Wildman–Crippen MR) is 68.9 cm³/mol. The molecule has 1 aliphatic heterocycles. The number of hydrogen-bond donors (Lipinski definition) is 1. The first-order valence-corrected chi connectivity index (χ1v) is 7.41. The van der Waals surface area contributed by atoms with E-state index in [1.807, 2.05) is 6.92 Å². The van der Waals surface area contributed by atoms with Crippen molar-refractivity contribution in [3.8, 4) is 0 Å². The molecular formula is C9H19N3O2S2. The van der Waals surface area contributed by atoms with Crippen LogP contribution in [0.15, 0.2) is 0 Å². The number of thiocarbonyl (C=S) groups is 1. The van der Waals surface area contributed by atoms with Gasteiger partial charge in [-0.3, -0.25) is 4.90 Å². The Kier molecular flexibility index (Phi) is 4.66. The Bertz CT molecular complexity index is 348. The third-order valence-electron chi connectivity index (χ3n) is 2.99. The highest BCUT2D eigenvalue weighted by atomic mass is 32.2. The highest BCUT2D eigenvalue weighted by Gasteiger charge is 2.27. The molecule has 0 amide bonds. The molecule has 1 heterocycles. The minimum atomic E-state index is -3.05. The third kappa shape index (κ3) is 3.13. The fourth-order valence-electron chi connectivity index (χ4n) is 1.73. The number of sulfonamides is 1. The van der Waals surface area contributed by atoms with Crippen LogP contribution in [0.5, 0.6) is 0 Å². The van der Waals surface area contributed by atoms with Crippen LogP contribution < -0.4 is 5.73 Å². The lowest BCUT2D eigenvalue weighted by atomic mass is 10.2. The molecule has 16 heavy (non-hydrogen) atoms. The maximum absolute atomic E-state index is 11.6. The zero-order valence-electron chi connectivity index (χ0n) is 9.72. The van der Waals surface area contributed by atoms with Crippen molar-refractivity contribution in [3.05, 3.63) is 0 Å². The van der Waals surface area contributed by atoms with E-state index in [0.29, 0.717) is 31.2 Å². The van der Waals surface area contributed by atoms with Crippen molar-refractivity contribution in [2.45, 2.75) is 19.9 Å². The summed E-state index contributed by atoms with van der Waals surface area (Å²) in [5.41, 5.74) is 5.57. The SMILES string of the molecule is CCS(=O)(=O)N1CCN(C(C)C(N)=S)CC1. The molecule has 0 radical (unpaired) electrons. The minimum absolute atomic E-state index is 0.0430. The molecule has 1 rings (SSSR count). The minimum Gasteiger partial charge on any atom is -0.392 e. The summed E-state index contributed by atoms with van der Waals surface area (Å²) < 4.78 is 24.8. The van der Waals surface area contributed by atoms with E-state index in [0.717, 1.165) is 0 Å². The number of piperazine rings is 1. The Morgan fingerprint density at radius 1 is 1.38 bits per heavy atom. The molecule has 1 atom stereocenters. The van der Waals surface area contributed by atoms with Crippen LogP contribution in [0.25, 0.3) is 0 Å². The van der Waals surface area contributed by atoms with Gasteiger partial charge in [0, 0.05) is 26.2 Å². The van der Waals surface area contributed by atoms with Crippen molar-refractivity contribution in [3.63, 3.8) is 0 Å². The van der Waals surface area contributed by atoms with Crippen LogP contribution in [0.1, 0.15) is 13.8 Å². The molecule has 2 N–H and O–H groups in total. The molecule has 1 unspecified atom stereocenters. The van der Waals surface area contributed by atoms with E-state index in [1.54, 1.807) is 6.92 Å². The quantitative estimate of drug-likeness (QED) is 0.703. The van der Waals surface area contributed by atoms with Gasteiger partial charge in [-0.2, -0.15) is 4.31 Å². The fraction of sp³-hybridized carbons (Fsp3) is 0.889. The zero-order chi connectivity index (χ0) is 12.3. The van der Waals surface area contributed by atoms with Gasteiger partial charge in [0.25, 0.3) is 0 Å².